The number of ether oxygens (including phenoxy) is 1. The van der Waals surface area contributed by atoms with Gasteiger partial charge in [0.05, 0.1) is 12.9 Å². The Morgan fingerprint density at radius 1 is 1.40 bits per heavy atom. The number of nitro groups is 2. The molecule has 1 unspecified atom stereocenters. The van der Waals surface area contributed by atoms with Crippen LogP contribution in [-0.2, 0) is 4.74 Å². The molecule has 9 heteroatoms. The summed E-state index contributed by atoms with van der Waals surface area (Å²) < 4.78 is 5.41. The lowest BCUT2D eigenvalue weighted by molar-refractivity contribution is -0.927. The average Bonchev–Trinajstić information content (AvgIpc) is 2.37. The van der Waals surface area contributed by atoms with Gasteiger partial charge in [0.15, 0.2) is 12.3 Å². The van der Waals surface area contributed by atoms with E-state index in [9.17, 15) is 20.2 Å². The Morgan fingerprint density at radius 2 is 2.10 bits per heavy atom. The number of likely N-dealkylation sites (tertiary alicyclic amines) is 1. The van der Waals surface area contributed by atoms with Crippen LogP contribution in [-0.4, -0.2) is 53.5 Å². The first-order chi connectivity index (χ1) is 9.36. The van der Waals surface area contributed by atoms with Gasteiger partial charge < -0.3 is 9.64 Å². The number of piperidine rings is 1. The number of halogens is 1. The molecule has 1 aliphatic heterocycles. The molecule has 3 atom stereocenters. The fraction of sp³-hybridized carbons (Fsp3) is 0.818. The quantitative estimate of drug-likeness (QED) is 0.418. The summed E-state index contributed by atoms with van der Waals surface area (Å²) in [7, 11) is 1.74. The van der Waals surface area contributed by atoms with Crippen molar-refractivity contribution in [3.63, 3.8) is 0 Å². The molecule has 112 valence electrons. The molecule has 2 rings (SSSR count). The van der Waals surface area contributed by atoms with E-state index >= 15 is 0 Å². The summed E-state index contributed by atoms with van der Waals surface area (Å²) in [5, 5.41) is 23.0. The number of rotatable bonds is 5. The molecule has 0 amide bonds. The number of likely N-dealkylation sites (N-methyl/N-ethyl adjacent to an activating group) is 1. The van der Waals surface area contributed by atoms with Crippen LogP contribution in [0.2, 0.25) is 0 Å². The fourth-order valence-electron chi connectivity index (χ4n) is 3.35. The van der Waals surface area contributed by atoms with E-state index < -0.39 is 16.0 Å². The third kappa shape index (κ3) is 2.22. The zero-order valence-electron chi connectivity index (χ0n) is 11.1. The minimum Gasteiger partial charge on any atom is -0.489 e. The molecule has 1 aliphatic carbocycles. The van der Waals surface area contributed by atoms with Gasteiger partial charge in [0.1, 0.15) is 19.6 Å². The number of fused-ring (bicyclic) bond motifs is 2. The molecule has 2 bridgehead atoms. The first-order valence-electron chi connectivity index (χ1n) is 6.36. The second-order valence-corrected chi connectivity index (χ2v) is 5.95. The summed E-state index contributed by atoms with van der Waals surface area (Å²) >= 11 is 5.55. The number of quaternary nitrogens is 1. The summed E-state index contributed by atoms with van der Waals surface area (Å²) in [6.07, 6.45) is 1.55. The van der Waals surface area contributed by atoms with Crippen molar-refractivity contribution in [1.82, 2.24) is 0 Å². The van der Waals surface area contributed by atoms with Crippen molar-refractivity contribution in [3.8, 4) is 0 Å². The molecular weight excluding hydrogens is 290 g/mol. The summed E-state index contributed by atoms with van der Waals surface area (Å²) in [4.78, 5) is 22.9. The van der Waals surface area contributed by atoms with Crippen molar-refractivity contribution in [1.29, 1.82) is 0 Å². The molecule has 0 aromatic carbocycles. The number of hydrogen-bond donors (Lipinski definition) is 1. The van der Waals surface area contributed by atoms with E-state index in [0.29, 0.717) is 0 Å². The normalized spacial score (nSPS) is 36.1. The highest BCUT2D eigenvalue weighted by Crippen LogP contribution is 2.40. The number of alkyl halides is 1. The predicted molar refractivity (Wildman–Crippen MR) is 70.1 cm³/mol. The molecule has 0 radical (unpaired) electrons. The molecule has 0 spiro atoms. The Morgan fingerprint density at radius 3 is 2.65 bits per heavy atom. The molecule has 2 aliphatic rings. The largest absolute Gasteiger partial charge is 0.489 e. The minimum absolute atomic E-state index is 0.120. The predicted octanol–water partition coefficient (Wildman–Crippen LogP) is -0.521. The van der Waals surface area contributed by atoms with E-state index in [0.717, 1.165) is 4.90 Å². The van der Waals surface area contributed by atoms with Crippen molar-refractivity contribution >= 4 is 11.6 Å². The first kappa shape index (κ1) is 15.0. The molecule has 1 saturated heterocycles. The van der Waals surface area contributed by atoms with Crippen LogP contribution in [0, 0.1) is 20.2 Å². The summed E-state index contributed by atoms with van der Waals surface area (Å²) in [6, 6.07) is 0. The Hall–Kier alpha value is -1.41. The van der Waals surface area contributed by atoms with E-state index in [4.69, 9.17) is 16.3 Å². The maximum absolute atomic E-state index is 11.6. The van der Waals surface area contributed by atoms with Crippen molar-refractivity contribution < 1.29 is 19.5 Å². The molecule has 0 aromatic heterocycles. The summed E-state index contributed by atoms with van der Waals surface area (Å²) in [5.41, 5.74) is -2.79. The molecule has 20 heavy (non-hydrogen) atoms. The third-order valence-electron chi connectivity index (χ3n) is 4.04. The lowest BCUT2D eigenvalue weighted by Crippen LogP contribution is -3.16. The lowest BCUT2D eigenvalue weighted by Gasteiger charge is -2.42. The maximum atomic E-state index is 11.6. The van der Waals surface area contributed by atoms with Crippen molar-refractivity contribution in [2.45, 2.75) is 23.9 Å². The SMILES string of the molecule is C[NH+]1C[C@]2([N+](=O)[O-])CC=C(OCCCl)[C@]([N+](=O)[O-])(C1)C2. The smallest absolute Gasteiger partial charge is 0.331 e. The highest BCUT2D eigenvalue weighted by atomic mass is 35.5. The van der Waals surface area contributed by atoms with E-state index in [1.165, 1.54) is 6.08 Å². The van der Waals surface area contributed by atoms with Gasteiger partial charge in [-0.25, -0.2) is 0 Å². The van der Waals surface area contributed by atoms with Gasteiger partial charge in [-0.3, -0.25) is 20.2 Å². The van der Waals surface area contributed by atoms with Crippen LogP contribution in [0.3, 0.4) is 0 Å². The molecule has 1 heterocycles. The van der Waals surface area contributed by atoms with Crippen LogP contribution in [0.4, 0.5) is 0 Å². The van der Waals surface area contributed by atoms with Crippen LogP contribution in [0.25, 0.3) is 0 Å². The van der Waals surface area contributed by atoms with Crippen molar-refractivity contribution in [3.05, 3.63) is 32.1 Å². The summed E-state index contributed by atoms with van der Waals surface area (Å²) in [5.74, 6) is 0.438. The van der Waals surface area contributed by atoms with Crippen LogP contribution < -0.4 is 4.90 Å². The summed E-state index contributed by atoms with van der Waals surface area (Å²) in [6.45, 7) is 0.631. The zero-order chi connectivity index (χ0) is 15.0. The standard InChI is InChI=1S/C11H16ClN3O5/c1-13-7-10(14(16)17)3-2-9(20-5-4-12)11(6-10,8-13)15(18)19/h2H,3-8H2,1H3/p+1/t10-,11+/m0/s1. The third-order valence-corrected chi connectivity index (χ3v) is 4.20. The van der Waals surface area contributed by atoms with E-state index in [1.54, 1.807) is 7.05 Å². The Kier molecular flexibility index (Phi) is 3.88. The second-order valence-electron chi connectivity index (χ2n) is 5.57. The number of nitrogens with zero attached hydrogens (tertiary/aromatic N) is 2. The van der Waals surface area contributed by atoms with Gasteiger partial charge in [0, 0.05) is 16.3 Å². The minimum atomic E-state index is -1.51. The van der Waals surface area contributed by atoms with Crippen LogP contribution in [0.1, 0.15) is 12.8 Å². The molecular formula is C11H17ClN3O5+. The van der Waals surface area contributed by atoms with Gasteiger partial charge in [-0.2, -0.15) is 0 Å². The van der Waals surface area contributed by atoms with Gasteiger partial charge >= 0.3 is 5.54 Å². The molecule has 0 saturated carbocycles. The van der Waals surface area contributed by atoms with Gasteiger partial charge in [-0.1, -0.05) is 0 Å². The maximum Gasteiger partial charge on any atom is 0.331 e. The van der Waals surface area contributed by atoms with E-state index in [-0.39, 0.29) is 49.1 Å². The monoisotopic (exact) mass is 306 g/mol. The molecule has 8 nitrogen and oxygen atoms in total. The van der Waals surface area contributed by atoms with E-state index in [2.05, 4.69) is 0 Å². The molecule has 1 N–H and O–H groups in total. The highest BCUT2D eigenvalue weighted by Gasteiger charge is 2.68. The highest BCUT2D eigenvalue weighted by molar-refractivity contribution is 6.17. The van der Waals surface area contributed by atoms with Gasteiger partial charge in [-0.05, 0) is 6.08 Å². The van der Waals surface area contributed by atoms with Crippen molar-refractivity contribution in [2.24, 2.45) is 0 Å². The Labute approximate surface area is 120 Å². The average molecular weight is 307 g/mol. The lowest BCUT2D eigenvalue weighted by atomic mass is 9.71. The van der Waals surface area contributed by atoms with Gasteiger partial charge in [-0.15, -0.1) is 11.6 Å². The van der Waals surface area contributed by atoms with Crippen LogP contribution in [0.15, 0.2) is 11.8 Å². The Balaban J connectivity index is 2.44. The fourth-order valence-corrected chi connectivity index (χ4v) is 3.43. The van der Waals surface area contributed by atoms with Gasteiger partial charge in [0.2, 0.25) is 0 Å². The number of hydrogen-bond acceptors (Lipinski definition) is 5. The van der Waals surface area contributed by atoms with Crippen LogP contribution in [0.5, 0.6) is 0 Å². The molecule has 1 fully saturated rings. The van der Waals surface area contributed by atoms with Crippen LogP contribution >= 0.6 is 11.6 Å². The topological polar surface area (TPSA) is 100.0 Å². The second kappa shape index (κ2) is 5.17. The first-order valence-corrected chi connectivity index (χ1v) is 6.89. The van der Waals surface area contributed by atoms with E-state index in [1.807, 2.05) is 0 Å². The van der Waals surface area contributed by atoms with Gasteiger partial charge in [0.25, 0.3) is 5.54 Å². The molecule has 0 aromatic rings. The Bertz CT molecular complexity index is 471. The van der Waals surface area contributed by atoms with Crippen molar-refractivity contribution in [2.75, 3.05) is 32.6 Å². The zero-order valence-corrected chi connectivity index (χ0v) is 11.9. The number of nitrogens with one attached hydrogen (secondary N) is 1.